The predicted molar refractivity (Wildman–Crippen MR) is 117 cm³/mol. The first-order chi connectivity index (χ1) is 13.3. The minimum atomic E-state index is 0.0653. The largest absolute Gasteiger partial charge is 0.354 e. The third-order valence-electron chi connectivity index (χ3n) is 6.28. The summed E-state index contributed by atoms with van der Waals surface area (Å²) < 4.78 is 1.68. The summed E-state index contributed by atoms with van der Waals surface area (Å²) in [6.45, 7) is 8.75. The van der Waals surface area contributed by atoms with Crippen molar-refractivity contribution in [3.05, 3.63) is 57.5 Å². The van der Waals surface area contributed by atoms with Crippen LogP contribution in [0.2, 0.25) is 0 Å². The molecule has 0 atom stereocenters. The molecule has 1 aliphatic heterocycles. The van der Waals surface area contributed by atoms with Crippen molar-refractivity contribution in [3.8, 4) is 11.3 Å². The Bertz CT molecular complexity index is 1040. The van der Waals surface area contributed by atoms with Crippen molar-refractivity contribution >= 4 is 10.9 Å². The second-order valence-corrected chi connectivity index (χ2v) is 8.78. The minimum Gasteiger partial charge on any atom is -0.354 e. The molecule has 1 aromatic carbocycles. The van der Waals surface area contributed by atoms with Gasteiger partial charge in [0.2, 0.25) is 0 Å². The number of rotatable bonds is 3. The molecule has 4 heteroatoms. The van der Waals surface area contributed by atoms with Crippen molar-refractivity contribution in [3.63, 3.8) is 0 Å². The van der Waals surface area contributed by atoms with Crippen LogP contribution in [0.4, 0.5) is 0 Å². The lowest BCUT2D eigenvalue weighted by Gasteiger charge is -2.29. The van der Waals surface area contributed by atoms with Gasteiger partial charge in [-0.2, -0.15) is 0 Å². The summed E-state index contributed by atoms with van der Waals surface area (Å²) in [5, 5.41) is 1.33. The average molecular weight is 378 g/mol. The van der Waals surface area contributed by atoms with Gasteiger partial charge in [0.15, 0.2) is 0 Å². The summed E-state index contributed by atoms with van der Waals surface area (Å²) in [6.07, 6.45) is 4.41. The zero-order valence-corrected chi connectivity index (χ0v) is 17.7. The van der Waals surface area contributed by atoms with Crippen LogP contribution in [0.15, 0.2) is 35.3 Å². The third kappa shape index (κ3) is 3.30. The molecule has 0 spiro atoms. The smallest absolute Gasteiger partial charge is 0.253 e. The molecule has 148 valence electrons. The van der Waals surface area contributed by atoms with Gasteiger partial charge in [-0.25, -0.2) is 0 Å². The number of fused-ring (bicyclic) bond motifs is 1. The van der Waals surface area contributed by atoms with E-state index in [9.17, 15) is 4.79 Å². The first-order valence-electron chi connectivity index (χ1n) is 10.4. The summed E-state index contributed by atoms with van der Waals surface area (Å²) in [4.78, 5) is 18.2. The van der Waals surface area contributed by atoms with Crippen molar-refractivity contribution < 1.29 is 0 Å². The number of piperidine rings is 1. The maximum atomic E-state index is 12.1. The highest BCUT2D eigenvalue weighted by atomic mass is 16.1. The number of nitrogens with zero attached hydrogens (tertiary/aromatic N) is 2. The molecule has 0 amide bonds. The molecule has 1 N–H and O–H groups in total. The standard InChI is InChI=1S/C24H31N3O/c1-15(2)22-20-13-18(17-8-10-26(4)11-9-17)6-7-21(20)25-23(22)19-12-16(3)24(28)27(5)14-19/h6-7,12-15,17,25H,8-11H2,1-5H3. The second kappa shape index (κ2) is 7.25. The number of aryl methyl sites for hydroxylation is 2. The van der Waals surface area contributed by atoms with Crippen molar-refractivity contribution in [2.24, 2.45) is 7.05 Å². The van der Waals surface area contributed by atoms with Gasteiger partial charge in [0.1, 0.15) is 0 Å². The van der Waals surface area contributed by atoms with Crippen molar-refractivity contribution in [1.29, 1.82) is 0 Å². The second-order valence-electron chi connectivity index (χ2n) is 8.78. The van der Waals surface area contributed by atoms with E-state index in [0.717, 1.165) is 16.8 Å². The molecule has 4 nitrogen and oxygen atoms in total. The highest BCUT2D eigenvalue weighted by Gasteiger charge is 2.21. The Morgan fingerprint density at radius 2 is 1.82 bits per heavy atom. The van der Waals surface area contributed by atoms with E-state index in [4.69, 9.17) is 0 Å². The van der Waals surface area contributed by atoms with Crippen LogP contribution in [0.25, 0.3) is 22.2 Å². The topological polar surface area (TPSA) is 41.0 Å². The molecular weight excluding hydrogens is 346 g/mol. The first-order valence-corrected chi connectivity index (χ1v) is 10.4. The molecule has 0 radical (unpaired) electrons. The van der Waals surface area contributed by atoms with Crippen molar-refractivity contribution in [2.45, 2.75) is 45.4 Å². The van der Waals surface area contributed by atoms with E-state index in [1.165, 1.54) is 48.0 Å². The van der Waals surface area contributed by atoms with Crippen molar-refractivity contribution in [2.75, 3.05) is 20.1 Å². The Balaban J connectivity index is 1.84. The van der Waals surface area contributed by atoms with E-state index in [0.29, 0.717) is 11.8 Å². The number of nitrogens with one attached hydrogen (secondary N) is 1. The highest BCUT2D eigenvalue weighted by molar-refractivity contribution is 5.92. The van der Waals surface area contributed by atoms with E-state index >= 15 is 0 Å². The molecule has 28 heavy (non-hydrogen) atoms. The van der Waals surface area contributed by atoms with Gasteiger partial charge >= 0.3 is 0 Å². The molecule has 2 aromatic heterocycles. The Hall–Kier alpha value is -2.33. The number of H-pyrrole nitrogens is 1. The zero-order valence-electron chi connectivity index (χ0n) is 17.7. The molecule has 3 heterocycles. The summed E-state index contributed by atoms with van der Waals surface area (Å²) in [6, 6.07) is 8.97. The number of aromatic nitrogens is 2. The van der Waals surface area contributed by atoms with E-state index < -0.39 is 0 Å². The number of likely N-dealkylation sites (tertiary alicyclic amines) is 1. The lowest BCUT2D eigenvalue weighted by Crippen LogP contribution is -2.29. The Morgan fingerprint density at radius 1 is 1.11 bits per heavy atom. The summed E-state index contributed by atoms with van der Waals surface area (Å²) >= 11 is 0. The van der Waals surface area contributed by atoms with Gasteiger partial charge in [0, 0.05) is 35.3 Å². The molecule has 0 saturated carbocycles. The molecule has 0 unspecified atom stereocenters. The van der Waals surface area contributed by atoms with Gasteiger partial charge in [0.25, 0.3) is 5.56 Å². The molecule has 3 aromatic rings. The number of hydrogen-bond donors (Lipinski definition) is 1. The summed E-state index contributed by atoms with van der Waals surface area (Å²) in [5.41, 5.74) is 7.06. The molecule has 1 fully saturated rings. The SMILES string of the molecule is Cc1cc(-c2[nH]c3ccc(C4CCN(C)CC4)cc3c2C(C)C)cn(C)c1=O. The fraction of sp³-hybridized carbons (Fsp3) is 0.458. The van der Waals surface area contributed by atoms with E-state index in [1.807, 2.05) is 26.2 Å². The maximum Gasteiger partial charge on any atom is 0.253 e. The van der Waals surface area contributed by atoms with Gasteiger partial charge in [0.05, 0.1) is 5.69 Å². The summed E-state index contributed by atoms with van der Waals surface area (Å²) in [5.74, 6) is 1.05. The molecule has 4 rings (SSSR count). The lowest BCUT2D eigenvalue weighted by atomic mass is 9.87. The zero-order chi connectivity index (χ0) is 20.0. The predicted octanol–water partition coefficient (Wildman–Crippen LogP) is 4.77. The van der Waals surface area contributed by atoms with Crippen LogP contribution < -0.4 is 5.56 Å². The maximum absolute atomic E-state index is 12.1. The van der Waals surface area contributed by atoms with Crippen LogP contribution in [-0.2, 0) is 7.05 Å². The quantitative estimate of drug-likeness (QED) is 0.714. The highest BCUT2D eigenvalue weighted by Crippen LogP contribution is 2.38. The number of pyridine rings is 1. The molecule has 0 bridgehead atoms. The van der Waals surface area contributed by atoms with Gasteiger partial charge in [-0.15, -0.1) is 0 Å². The normalized spacial score (nSPS) is 16.4. The average Bonchev–Trinajstić information content (AvgIpc) is 3.05. The van der Waals surface area contributed by atoms with Gasteiger partial charge in [-0.3, -0.25) is 4.79 Å². The molecule has 1 saturated heterocycles. The number of hydrogen-bond acceptors (Lipinski definition) is 2. The van der Waals surface area contributed by atoms with Crippen molar-refractivity contribution in [1.82, 2.24) is 14.5 Å². The molecule has 1 aliphatic rings. The first kappa shape index (κ1) is 19.0. The fourth-order valence-electron chi connectivity index (χ4n) is 4.67. The lowest BCUT2D eigenvalue weighted by molar-refractivity contribution is 0.255. The van der Waals surface area contributed by atoms with Gasteiger partial charge in [-0.1, -0.05) is 19.9 Å². The van der Waals surface area contributed by atoms with Crippen LogP contribution in [0.5, 0.6) is 0 Å². The number of benzene rings is 1. The molecular formula is C24H31N3O. The van der Waals surface area contributed by atoms with E-state index in [2.05, 4.69) is 49.0 Å². The Kier molecular flexibility index (Phi) is 4.92. The Labute approximate surface area is 167 Å². The monoisotopic (exact) mass is 377 g/mol. The van der Waals surface area contributed by atoms with Crippen LogP contribution >= 0.6 is 0 Å². The van der Waals surface area contributed by atoms with E-state index in [-0.39, 0.29) is 5.56 Å². The van der Waals surface area contributed by atoms with Crippen LogP contribution in [0.3, 0.4) is 0 Å². The van der Waals surface area contributed by atoms with Gasteiger partial charge < -0.3 is 14.5 Å². The minimum absolute atomic E-state index is 0.0653. The third-order valence-corrected chi connectivity index (χ3v) is 6.28. The van der Waals surface area contributed by atoms with Crippen LogP contribution in [0.1, 0.15) is 55.2 Å². The van der Waals surface area contributed by atoms with E-state index in [1.54, 1.807) is 4.57 Å². The fourth-order valence-corrected chi connectivity index (χ4v) is 4.67. The number of aromatic amines is 1. The van der Waals surface area contributed by atoms with Gasteiger partial charge in [-0.05, 0) is 81.1 Å². The van der Waals surface area contributed by atoms with Crippen LogP contribution in [-0.4, -0.2) is 34.6 Å². The molecule has 0 aliphatic carbocycles. The Morgan fingerprint density at radius 3 is 2.46 bits per heavy atom. The van der Waals surface area contributed by atoms with Crippen LogP contribution in [0, 0.1) is 6.92 Å². The summed E-state index contributed by atoms with van der Waals surface area (Å²) in [7, 11) is 4.04.